The van der Waals surface area contributed by atoms with E-state index >= 15 is 0 Å². The molecule has 1 saturated carbocycles. The van der Waals surface area contributed by atoms with Gasteiger partial charge in [-0.1, -0.05) is 19.8 Å². The van der Waals surface area contributed by atoms with Crippen LogP contribution in [0.4, 0.5) is 0 Å². The highest BCUT2D eigenvalue weighted by Crippen LogP contribution is 2.28. The highest BCUT2D eigenvalue weighted by molar-refractivity contribution is 5.86. The lowest BCUT2D eigenvalue weighted by molar-refractivity contribution is 0.0562. The van der Waals surface area contributed by atoms with Crippen LogP contribution in [0.2, 0.25) is 0 Å². The Morgan fingerprint density at radius 1 is 1.40 bits per heavy atom. The molecule has 1 aliphatic carbocycles. The minimum atomic E-state index is -0.426. The quantitative estimate of drug-likeness (QED) is 0.838. The first-order valence-corrected chi connectivity index (χ1v) is 7.51. The van der Waals surface area contributed by atoms with Crippen molar-refractivity contribution in [2.75, 3.05) is 13.7 Å². The van der Waals surface area contributed by atoms with Crippen molar-refractivity contribution in [2.45, 2.75) is 45.6 Å². The molecule has 1 aromatic heterocycles. The second-order valence-electron chi connectivity index (χ2n) is 5.95. The molecule has 0 spiro atoms. The van der Waals surface area contributed by atoms with Crippen LogP contribution >= 0.6 is 0 Å². The molecular formula is C16H25NO3. The number of furan rings is 1. The molecule has 1 atom stereocenters. The maximum Gasteiger partial charge on any atom is 0.373 e. The summed E-state index contributed by atoms with van der Waals surface area (Å²) in [4.78, 5) is 11.3. The van der Waals surface area contributed by atoms with E-state index in [9.17, 15) is 4.79 Å². The Morgan fingerprint density at radius 2 is 2.10 bits per heavy atom. The van der Waals surface area contributed by atoms with E-state index in [0.717, 1.165) is 24.1 Å². The zero-order valence-electron chi connectivity index (χ0n) is 12.6. The number of esters is 1. The van der Waals surface area contributed by atoms with E-state index in [0.29, 0.717) is 0 Å². The summed E-state index contributed by atoms with van der Waals surface area (Å²) in [7, 11) is 1.36. The molecule has 20 heavy (non-hydrogen) atoms. The molecule has 0 amide bonds. The topological polar surface area (TPSA) is 51.5 Å². The van der Waals surface area contributed by atoms with Gasteiger partial charge in [0.2, 0.25) is 5.76 Å². The van der Waals surface area contributed by atoms with Crippen LogP contribution in [0.3, 0.4) is 0 Å². The summed E-state index contributed by atoms with van der Waals surface area (Å²) < 4.78 is 10.2. The van der Waals surface area contributed by atoms with Crippen LogP contribution in [0.1, 0.15) is 61.9 Å². The van der Waals surface area contributed by atoms with Gasteiger partial charge in [-0.2, -0.15) is 0 Å². The molecule has 0 aromatic carbocycles. The minimum absolute atomic E-state index is 0.118. The van der Waals surface area contributed by atoms with Crippen molar-refractivity contribution >= 4 is 5.97 Å². The molecule has 0 aliphatic heterocycles. The van der Waals surface area contributed by atoms with Gasteiger partial charge in [-0.15, -0.1) is 0 Å². The van der Waals surface area contributed by atoms with Gasteiger partial charge in [-0.05, 0) is 50.3 Å². The Morgan fingerprint density at radius 3 is 2.75 bits per heavy atom. The van der Waals surface area contributed by atoms with Gasteiger partial charge in [0.05, 0.1) is 13.2 Å². The summed E-state index contributed by atoms with van der Waals surface area (Å²) in [6, 6.07) is 3.63. The summed E-state index contributed by atoms with van der Waals surface area (Å²) in [5.74, 6) is 2.28. The SMILES string of the molecule is COC(=O)c1ccc(C(C)NCC2CCC(C)CC2)o1. The normalized spacial score (nSPS) is 24.4. The number of nitrogens with one attached hydrogen (secondary N) is 1. The number of hydrogen-bond acceptors (Lipinski definition) is 4. The third-order valence-corrected chi connectivity index (χ3v) is 4.29. The Balaban J connectivity index is 1.81. The van der Waals surface area contributed by atoms with Crippen LogP contribution in [-0.4, -0.2) is 19.6 Å². The van der Waals surface area contributed by atoms with E-state index in [2.05, 4.69) is 23.9 Å². The fraction of sp³-hybridized carbons (Fsp3) is 0.688. The number of ether oxygens (including phenoxy) is 1. The van der Waals surface area contributed by atoms with Crippen LogP contribution in [0.15, 0.2) is 16.5 Å². The average Bonchev–Trinajstić information content (AvgIpc) is 2.95. The van der Waals surface area contributed by atoms with Gasteiger partial charge in [0.1, 0.15) is 5.76 Å². The molecule has 0 bridgehead atoms. The van der Waals surface area contributed by atoms with Crippen molar-refractivity contribution in [3.63, 3.8) is 0 Å². The summed E-state index contributed by atoms with van der Waals surface area (Å²) in [5, 5.41) is 3.51. The molecule has 4 heteroatoms. The lowest BCUT2D eigenvalue weighted by atomic mass is 9.83. The van der Waals surface area contributed by atoms with Gasteiger partial charge in [0.15, 0.2) is 0 Å². The van der Waals surface area contributed by atoms with Crippen LogP contribution in [0, 0.1) is 11.8 Å². The van der Waals surface area contributed by atoms with Gasteiger partial charge in [0.25, 0.3) is 0 Å². The van der Waals surface area contributed by atoms with E-state index in [-0.39, 0.29) is 11.8 Å². The van der Waals surface area contributed by atoms with Crippen molar-refractivity contribution in [1.82, 2.24) is 5.32 Å². The van der Waals surface area contributed by atoms with Crippen LogP contribution in [-0.2, 0) is 4.74 Å². The van der Waals surface area contributed by atoms with Gasteiger partial charge in [-0.25, -0.2) is 4.79 Å². The standard InChI is InChI=1S/C16H25NO3/c1-11-4-6-13(7-5-11)10-17-12(2)14-8-9-15(20-14)16(18)19-3/h8-9,11-13,17H,4-7,10H2,1-3H3. The molecular weight excluding hydrogens is 254 g/mol. The first-order valence-electron chi connectivity index (χ1n) is 7.51. The van der Waals surface area contributed by atoms with Crippen LogP contribution < -0.4 is 5.32 Å². The minimum Gasteiger partial charge on any atom is -0.463 e. The largest absolute Gasteiger partial charge is 0.463 e. The van der Waals surface area contributed by atoms with Crippen molar-refractivity contribution < 1.29 is 13.9 Å². The maximum atomic E-state index is 11.3. The summed E-state index contributed by atoms with van der Waals surface area (Å²) in [6.07, 6.45) is 5.31. The zero-order valence-corrected chi connectivity index (χ0v) is 12.6. The molecule has 1 unspecified atom stereocenters. The Hall–Kier alpha value is -1.29. The molecule has 2 rings (SSSR count). The molecule has 4 nitrogen and oxygen atoms in total. The zero-order chi connectivity index (χ0) is 14.5. The predicted molar refractivity (Wildman–Crippen MR) is 77.6 cm³/mol. The molecule has 0 radical (unpaired) electrons. The molecule has 0 saturated heterocycles. The molecule has 112 valence electrons. The first kappa shape index (κ1) is 15.1. The van der Waals surface area contributed by atoms with E-state index in [4.69, 9.17) is 4.42 Å². The van der Waals surface area contributed by atoms with E-state index < -0.39 is 5.97 Å². The Kier molecular flexibility index (Phi) is 5.24. The molecule has 1 N–H and O–H groups in total. The predicted octanol–water partition coefficient (Wildman–Crippen LogP) is 3.54. The first-order chi connectivity index (χ1) is 9.60. The number of carbonyl (C=O) groups is 1. The van der Waals surface area contributed by atoms with Gasteiger partial charge >= 0.3 is 5.97 Å². The second kappa shape index (κ2) is 6.93. The molecule has 1 heterocycles. The molecule has 1 aromatic rings. The fourth-order valence-corrected chi connectivity index (χ4v) is 2.77. The third-order valence-electron chi connectivity index (χ3n) is 4.29. The lowest BCUT2D eigenvalue weighted by Crippen LogP contribution is -2.28. The summed E-state index contributed by atoms with van der Waals surface area (Å²) in [6.45, 7) is 5.41. The Labute approximate surface area is 120 Å². The van der Waals surface area contributed by atoms with Gasteiger partial charge in [-0.3, -0.25) is 0 Å². The summed E-state index contributed by atoms with van der Waals surface area (Å²) in [5.41, 5.74) is 0. The number of methoxy groups -OCH3 is 1. The van der Waals surface area contributed by atoms with Crippen molar-refractivity contribution in [3.8, 4) is 0 Å². The van der Waals surface area contributed by atoms with Crippen molar-refractivity contribution in [1.29, 1.82) is 0 Å². The highest BCUT2D eigenvalue weighted by Gasteiger charge is 2.20. The molecule has 1 fully saturated rings. The van der Waals surface area contributed by atoms with Gasteiger partial charge < -0.3 is 14.5 Å². The van der Waals surface area contributed by atoms with Crippen molar-refractivity contribution in [3.05, 3.63) is 23.7 Å². The second-order valence-corrected chi connectivity index (χ2v) is 5.95. The smallest absolute Gasteiger partial charge is 0.373 e. The third kappa shape index (κ3) is 3.85. The van der Waals surface area contributed by atoms with E-state index in [1.54, 1.807) is 6.07 Å². The van der Waals surface area contributed by atoms with Crippen LogP contribution in [0.25, 0.3) is 0 Å². The van der Waals surface area contributed by atoms with Crippen LogP contribution in [0.5, 0.6) is 0 Å². The molecule has 1 aliphatic rings. The average molecular weight is 279 g/mol. The lowest BCUT2D eigenvalue weighted by Gasteiger charge is -2.27. The monoisotopic (exact) mass is 279 g/mol. The summed E-state index contributed by atoms with van der Waals surface area (Å²) >= 11 is 0. The van der Waals surface area contributed by atoms with Crippen molar-refractivity contribution in [2.24, 2.45) is 11.8 Å². The fourth-order valence-electron chi connectivity index (χ4n) is 2.77. The number of carbonyl (C=O) groups excluding carboxylic acids is 1. The Bertz CT molecular complexity index is 433. The maximum absolute atomic E-state index is 11.3. The van der Waals surface area contributed by atoms with Gasteiger partial charge in [0, 0.05) is 0 Å². The number of hydrogen-bond donors (Lipinski definition) is 1. The van der Waals surface area contributed by atoms with E-state index in [1.807, 2.05) is 6.07 Å². The number of rotatable bonds is 5. The highest BCUT2D eigenvalue weighted by atomic mass is 16.5. The van der Waals surface area contributed by atoms with E-state index in [1.165, 1.54) is 32.8 Å².